The number of amides is 1. The summed E-state index contributed by atoms with van der Waals surface area (Å²) in [5.41, 5.74) is 0.817. The molecule has 0 unspecified atom stereocenters. The van der Waals surface area contributed by atoms with Crippen molar-refractivity contribution in [2.24, 2.45) is 5.92 Å². The van der Waals surface area contributed by atoms with Crippen LogP contribution < -0.4 is 5.32 Å². The highest BCUT2D eigenvalue weighted by atomic mass is 16.4. The molecule has 1 aromatic carbocycles. The summed E-state index contributed by atoms with van der Waals surface area (Å²) in [6.07, 6.45) is 0.215. The van der Waals surface area contributed by atoms with Crippen LogP contribution in [0.5, 0.6) is 0 Å². The van der Waals surface area contributed by atoms with E-state index in [1.54, 1.807) is 19.1 Å². The lowest BCUT2D eigenvalue weighted by atomic mass is 9.98. The molecular formula is C14H16N2O3. The molecule has 0 heterocycles. The molecule has 19 heavy (non-hydrogen) atoms. The fraction of sp³-hybridized carbons (Fsp3) is 0.357. The minimum absolute atomic E-state index is 0.0859. The van der Waals surface area contributed by atoms with Crippen LogP contribution in [0, 0.1) is 17.2 Å². The molecule has 0 aliphatic heterocycles. The highest BCUT2D eigenvalue weighted by Crippen LogP contribution is 2.08. The molecule has 0 aromatic heterocycles. The third-order valence-corrected chi connectivity index (χ3v) is 2.77. The Morgan fingerprint density at radius 1 is 1.37 bits per heavy atom. The minimum atomic E-state index is -1.12. The Bertz CT molecular complexity index is 479. The summed E-state index contributed by atoms with van der Waals surface area (Å²) in [6.45, 7) is 1.63. The number of carbonyl (C=O) groups excluding carboxylic acids is 1. The molecule has 0 bridgehead atoms. The van der Waals surface area contributed by atoms with Crippen LogP contribution in [0.2, 0.25) is 0 Å². The third kappa shape index (κ3) is 4.80. The van der Waals surface area contributed by atoms with E-state index in [1.165, 1.54) is 0 Å². The maximum atomic E-state index is 11.8. The number of nitrogens with zero attached hydrogens (tertiary/aromatic N) is 1. The largest absolute Gasteiger partial charge is 0.480 e. The lowest BCUT2D eigenvalue weighted by Crippen LogP contribution is -2.45. The van der Waals surface area contributed by atoms with Gasteiger partial charge in [-0.05, 0) is 5.56 Å². The molecule has 1 amide bonds. The van der Waals surface area contributed by atoms with Crippen LogP contribution in [0.1, 0.15) is 18.9 Å². The zero-order valence-corrected chi connectivity index (χ0v) is 10.7. The molecule has 5 nitrogen and oxygen atoms in total. The molecule has 0 saturated carbocycles. The van der Waals surface area contributed by atoms with Crippen molar-refractivity contribution in [2.45, 2.75) is 25.8 Å². The van der Waals surface area contributed by atoms with E-state index < -0.39 is 17.9 Å². The molecule has 2 atom stereocenters. The van der Waals surface area contributed by atoms with Crippen molar-refractivity contribution in [3.63, 3.8) is 0 Å². The topological polar surface area (TPSA) is 90.2 Å². The number of carboxylic acid groups (broad SMARTS) is 1. The predicted molar refractivity (Wildman–Crippen MR) is 69.1 cm³/mol. The Kier molecular flexibility index (Phi) is 5.55. The summed E-state index contributed by atoms with van der Waals surface area (Å²) in [5.74, 6) is -1.91. The standard InChI is InChI=1S/C14H16N2O3/c1-10(7-8-15)13(14(18)19)16-12(17)9-11-5-3-2-4-6-11/h2-6,10,13H,7,9H2,1H3,(H,16,17)(H,18,19)/t10-,13+/m1/s1. The van der Waals surface area contributed by atoms with Gasteiger partial charge in [-0.15, -0.1) is 0 Å². The molecule has 0 aliphatic rings. The van der Waals surface area contributed by atoms with Crippen molar-refractivity contribution in [2.75, 3.05) is 0 Å². The lowest BCUT2D eigenvalue weighted by molar-refractivity contribution is -0.143. The quantitative estimate of drug-likeness (QED) is 0.807. The van der Waals surface area contributed by atoms with Crippen LogP contribution >= 0.6 is 0 Å². The monoisotopic (exact) mass is 260 g/mol. The summed E-state index contributed by atoms with van der Waals surface area (Å²) >= 11 is 0. The molecule has 0 fully saturated rings. The second-order valence-corrected chi connectivity index (χ2v) is 4.39. The summed E-state index contributed by atoms with van der Waals surface area (Å²) in [4.78, 5) is 22.9. The summed E-state index contributed by atoms with van der Waals surface area (Å²) in [5, 5.41) is 20.1. The van der Waals surface area contributed by atoms with E-state index in [0.29, 0.717) is 0 Å². The normalized spacial score (nSPS) is 13.1. The Balaban J connectivity index is 2.62. The first-order chi connectivity index (χ1) is 9.04. The van der Waals surface area contributed by atoms with Gasteiger partial charge in [0.15, 0.2) is 0 Å². The molecule has 0 spiro atoms. The molecule has 1 aromatic rings. The third-order valence-electron chi connectivity index (χ3n) is 2.77. The van der Waals surface area contributed by atoms with Gasteiger partial charge in [0, 0.05) is 12.3 Å². The van der Waals surface area contributed by atoms with Crippen LogP contribution in [-0.2, 0) is 16.0 Å². The Morgan fingerprint density at radius 3 is 2.53 bits per heavy atom. The van der Waals surface area contributed by atoms with Gasteiger partial charge < -0.3 is 10.4 Å². The van der Waals surface area contributed by atoms with E-state index in [0.717, 1.165) is 5.56 Å². The number of hydrogen-bond donors (Lipinski definition) is 2. The number of rotatable bonds is 6. The number of carbonyl (C=O) groups is 2. The van der Waals surface area contributed by atoms with Crippen LogP contribution in [0.3, 0.4) is 0 Å². The van der Waals surface area contributed by atoms with Gasteiger partial charge in [0.2, 0.25) is 5.91 Å². The Hall–Kier alpha value is -2.35. The molecule has 0 radical (unpaired) electrons. The second kappa shape index (κ2) is 7.17. The Morgan fingerprint density at radius 2 is 2.00 bits per heavy atom. The fourth-order valence-electron chi connectivity index (χ4n) is 1.71. The van der Waals surface area contributed by atoms with Gasteiger partial charge in [0.25, 0.3) is 0 Å². The van der Waals surface area contributed by atoms with Crippen LogP contribution in [0.4, 0.5) is 0 Å². The maximum absolute atomic E-state index is 11.8. The van der Waals surface area contributed by atoms with Crippen LogP contribution in [0.15, 0.2) is 30.3 Å². The summed E-state index contributed by atoms with van der Waals surface area (Å²) < 4.78 is 0. The zero-order chi connectivity index (χ0) is 14.3. The first-order valence-corrected chi connectivity index (χ1v) is 5.97. The number of carboxylic acids is 1. The molecule has 5 heteroatoms. The van der Waals surface area contributed by atoms with Crippen molar-refractivity contribution >= 4 is 11.9 Å². The van der Waals surface area contributed by atoms with Gasteiger partial charge in [-0.2, -0.15) is 5.26 Å². The molecule has 100 valence electrons. The summed E-state index contributed by atoms with van der Waals surface area (Å²) in [6, 6.07) is 9.95. The first kappa shape index (κ1) is 14.7. The van der Waals surface area contributed by atoms with Crippen molar-refractivity contribution in [3.05, 3.63) is 35.9 Å². The number of nitriles is 1. The zero-order valence-electron chi connectivity index (χ0n) is 10.7. The van der Waals surface area contributed by atoms with E-state index >= 15 is 0 Å². The lowest BCUT2D eigenvalue weighted by Gasteiger charge is -2.19. The van der Waals surface area contributed by atoms with E-state index in [1.807, 2.05) is 24.3 Å². The number of hydrogen-bond acceptors (Lipinski definition) is 3. The smallest absolute Gasteiger partial charge is 0.326 e. The van der Waals surface area contributed by atoms with Gasteiger partial charge in [0.1, 0.15) is 6.04 Å². The molecule has 2 N–H and O–H groups in total. The average molecular weight is 260 g/mol. The second-order valence-electron chi connectivity index (χ2n) is 4.39. The maximum Gasteiger partial charge on any atom is 0.326 e. The van der Waals surface area contributed by atoms with Gasteiger partial charge in [-0.3, -0.25) is 4.79 Å². The highest BCUT2D eigenvalue weighted by molar-refractivity contribution is 5.85. The van der Waals surface area contributed by atoms with Crippen LogP contribution in [-0.4, -0.2) is 23.0 Å². The molecular weight excluding hydrogens is 244 g/mol. The van der Waals surface area contributed by atoms with Gasteiger partial charge in [-0.1, -0.05) is 37.3 Å². The first-order valence-electron chi connectivity index (χ1n) is 5.97. The minimum Gasteiger partial charge on any atom is -0.480 e. The van der Waals surface area contributed by atoms with Crippen molar-refractivity contribution in [1.82, 2.24) is 5.32 Å². The van der Waals surface area contributed by atoms with Crippen LogP contribution in [0.25, 0.3) is 0 Å². The predicted octanol–water partition coefficient (Wildman–Crippen LogP) is 1.35. The van der Waals surface area contributed by atoms with E-state index in [-0.39, 0.29) is 18.7 Å². The van der Waals surface area contributed by atoms with Gasteiger partial charge in [0.05, 0.1) is 12.5 Å². The fourth-order valence-corrected chi connectivity index (χ4v) is 1.71. The SMILES string of the molecule is C[C@H](CC#N)[C@H](NC(=O)Cc1ccccc1)C(=O)O. The van der Waals surface area contributed by atoms with Crippen molar-refractivity contribution in [3.8, 4) is 6.07 Å². The molecule has 1 rings (SSSR count). The number of nitrogens with one attached hydrogen (secondary N) is 1. The van der Waals surface area contributed by atoms with Gasteiger partial charge >= 0.3 is 5.97 Å². The van der Waals surface area contributed by atoms with Crippen molar-refractivity contribution < 1.29 is 14.7 Å². The molecule has 0 aliphatic carbocycles. The van der Waals surface area contributed by atoms with E-state index in [4.69, 9.17) is 10.4 Å². The van der Waals surface area contributed by atoms with Crippen molar-refractivity contribution in [1.29, 1.82) is 5.26 Å². The van der Waals surface area contributed by atoms with E-state index in [9.17, 15) is 9.59 Å². The highest BCUT2D eigenvalue weighted by Gasteiger charge is 2.26. The number of aliphatic carboxylic acids is 1. The Labute approximate surface area is 111 Å². The summed E-state index contributed by atoms with van der Waals surface area (Å²) in [7, 11) is 0. The molecule has 0 saturated heterocycles. The number of benzene rings is 1. The van der Waals surface area contributed by atoms with E-state index in [2.05, 4.69) is 5.32 Å². The van der Waals surface area contributed by atoms with Gasteiger partial charge in [-0.25, -0.2) is 4.79 Å². The average Bonchev–Trinajstić information content (AvgIpc) is 2.37.